The molecule has 26 heavy (non-hydrogen) atoms. The van der Waals surface area contributed by atoms with Crippen LogP contribution in [-0.2, 0) is 4.79 Å². The van der Waals surface area contributed by atoms with Gasteiger partial charge in [-0.25, -0.2) is 0 Å². The molecule has 2 aromatic carbocycles. The molecule has 0 aliphatic heterocycles. The average Bonchev–Trinajstić information content (AvgIpc) is 2.58. The van der Waals surface area contributed by atoms with Crippen molar-refractivity contribution in [3.8, 4) is 0 Å². The second-order valence-corrected chi connectivity index (χ2v) is 7.60. The molecule has 0 atom stereocenters. The van der Waals surface area contributed by atoms with E-state index in [-0.39, 0.29) is 11.7 Å². The van der Waals surface area contributed by atoms with Crippen molar-refractivity contribution < 1.29 is 14.1 Å². The van der Waals surface area contributed by atoms with E-state index in [9.17, 15) is 9.59 Å². The van der Waals surface area contributed by atoms with E-state index in [4.69, 9.17) is 0 Å². The fraction of sp³-hybridized carbons (Fsp3) is 0.273. The summed E-state index contributed by atoms with van der Waals surface area (Å²) in [5, 5.41) is 5.00. The van der Waals surface area contributed by atoms with Crippen molar-refractivity contribution in [1.82, 2.24) is 5.32 Å². The van der Waals surface area contributed by atoms with Gasteiger partial charge in [0.25, 0.3) is 0 Å². The molecule has 0 spiro atoms. The lowest BCUT2D eigenvalue weighted by Gasteiger charge is -2.31. The van der Waals surface area contributed by atoms with Gasteiger partial charge in [0, 0.05) is 16.5 Å². The van der Waals surface area contributed by atoms with Gasteiger partial charge in [0.2, 0.25) is 5.91 Å². The number of carbonyl (C=O) groups is 2. The largest absolute Gasteiger partial charge is 0.347 e. The number of quaternary nitrogens is 1. The molecule has 2 aromatic rings. The third kappa shape index (κ3) is 3.60. The molecule has 0 fully saturated rings. The highest BCUT2D eigenvalue weighted by atomic mass is 16.1. The lowest BCUT2D eigenvalue weighted by atomic mass is 9.87. The number of nitrogens with zero attached hydrogens (tertiary/aromatic N) is 1. The van der Waals surface area contributed by atoms with Crippen molar-refractivity contribution in [2.24, 2.45) is 0 Å². The topological polar surface area (TPSA) is 46.2 Å². The molecular formula is C22H25N2O2+. The van der Waals surface area contributed by atoms with Crippen LogP contribution in [0.25, 0.3) is 16.8 Å². The normalized spacial score (nSPS) is 13.5. The maximum Gasteiger partial charge on any atom is 0.246 e. The SMILES string of the molecule is C=C(C)C(=O)NCC[N+](C)(C)CC1=Cc2cccc3cccc(c23)C1=O. The van der Waals surface area contributed by atoms with Gasteiger partial charge in [-0.3, -0.25) is 9.59 Å². The molecule has 0 saturated carbocycles. The Kier molecular flexibility index (Phi) is 4.79. The minimum atomic E-state index is -0.126. The van der Waals surface area contributed by atoms with Gasteiger partial charge < -0.3 is 9.80 Å². The van der Waals surface area contributed by atoms with Crippen molar-refractivity contribution in [2.75, 3.05) is 33.7 Å². The second-order valence-electron chi connectivity index (χ2n) is 7.60. The van der Waals surface area contributed by atoms with E-state index in [0.717, 1.165) is 34.0 Å². The molecule has 1 aliphatic carbocycles. The maximum atomic E-state index is 13.0. The molecule has 1 aliphatic rings. The van der Waals surface area contributed by atoms with E-state index in [1.807, 2.05) is 36.4 Å². The summed E-state index contributed by atoms with van der Waals surface area (Å²) in [6, 6.07) is 12.0. The first-order chi connectivity index (χ1) is 12.3. The van der Waals surface area contributed by atoms with Crippen LogP contribution in [0.3, 0.4) is 0 Å². The number of benzene rings is 2. The zero-order valence-electron chi connectivity index (χ0n) is 15.6. The number of rotatable bonds is 6. The van der Waals surface area contributed by atoms with Crippen LogP contribution in [0.2, 0.25) is 0 Å². The van der Waals surface area contributed by atoms with Crippen molar-refractivity contribution in [2.45, 2.75) is 6.92 Å². The lowest BCUT2D eigenvalue weighted by molar-refractivity contribution is -0.883. The first kappa shape index (κ1) is 18.1. The van der Waals surface area contributed by atoms with Gasteiger partial charge in [-0.1, -0.05) is 43.0 Å². The van der Waals surface area contributed by atoms with Crippen LogP contribution < -0.4 is 5.32 Å². The Labute approximate surface area is 154 Å². The molecule has 0 aromatic heterocycles. The van der Waals surface area contributed by atoms with Crippen LogP contribution in [0.5, 0.6) is 0 Å². The number of Topliss-reactive ketones (excluding diaryl/α,β-unsaturated/α-hetero) is 1. The molecule has 0 bridgehead atoms. The van der Waals surface area contributed by atoms with Crippen molar-refractivity contribution in [3.63, 3.8) is 0 Å². The molecule has 3 rings (SSSR count). The molecule has 1 N–H and O–H groups in total. The number of hydrogen-bond acceptors (Lipinski definition) is 2. The smallest absolute Gasteiger partial charge is 0.246 e. The Morgan fingerprint density at radius 3 is 2.54 bits per heavy atom. The van der Waals surface area contributed by atoms with E-state index < -0.39 is 0 Å². The quantitative estimate of drug-likeness (QED) is 0.643. The van der Waals surface area contributed by atoms with Crippen LogP contribution in [0.4, 0.5) is 0 Å². The zero-order chi connectivity index (χ0) is 18.9. The molecule has 134 valence electrons. The first-order valence-corrected chi connectivity index (χ1v) is 8.81. The summed E-state index contributed by atoms with van der Waals surface area (Å²) < 4.78 is 0.617. The Morgan fingerprint density at radius 2 is 1.85 bits per heavy atom. The van der Waals surface area contributed by atoms with Crippen LogP contribution in [0.15, 0.2) is 54.1 Å². The van der Waals surface area contributed by atoms with Gasteiger partial charge in [-0.15, -0.1) is 0 Å². The van der Waals surface area contributed by atoms with E-state index in [2.05, 4.69) is 32.1 Å². The fourth-order valence-electron chi connectivity index (χ4n) is 3.39. The van der Waals surface area contributed by atoms with E-state index in [0.29, 0.717) is 23.1 Å². The van der Waals surface area contributed by atoms with E-state index in [1.165, 1.54) is 0 Å². The number of hydrogen-bond donors (Lipinski definition) is 1. The van der Waals surface area contributed by atoms with Crippen LogP contribution in [0, 0.1) is 0 Å². The number of carbonyl (C=O) groups excluding carboxylic acids is 2. The molecule has 4 nitrogen and oxygen atoms in total. The highest BCUT2D eigenvalue weighted by molar-refractivity contribution is 6.22. The van der Waals surface area contributed by atoms with Crippen LogP contribution >= 0.6 is 0 Å². The van der Waals surface area contributed by atoms with Crippen molar-refractivity contribution in [3.05, 3.63) is 65.3 Å². The number of nitrogens with one attached hydrogen (secondary N) is 1. The predicted molar refractivity (Wildman–Crippen MR) is 106 cm³/mol. The summed E-state index contributed by atoms with van der Waals surface area (Å²) in [4.78, 5) is 24.6. The molecule has 0 unspecified atom stereocenters. The number of amides is 1. The molecule has 0 radical (unpaired) electrons. The minimum Gasteiger partial charge on any atom is -0.347 e. The lowest BCUT2D eigenvalue weighted by Crippen LogP contribution is -2.47. The highest BCUT2D eigenvalue weighted by Crippen LogP contribution is 2.31. The summed E-state index contributed by atoms with van der Waals surface area (Å²) in [5.41, 5.74) is 3.20. The third-order valence-electron chi connectivity index (χ3n) is 4.79. The van der Waals surface area contributed by atoms with Crippen molar-refractivity contribution in [1.29, 1.82) is 0 Å². The summed E-state index contributed by atoms with van der Waals surface area (Å²) in [6.07, 6.45) is 2.02. The van der Waals surface area contributed by atoms with Crippen molar-refractivity contribution >= 4 is 28.5 Å². The highest BCUT2D eigenvalue weighted by Gasteiger charge is 2.27. The van der Waals surface area contributed by atoms with E-state index >= 15 is 0 Å². The third-order valence-corrected chi connectivity index (χ3v) is 4.79. The van der Waals surface area contributed by atoms with Gasteiger partial charge in [0.05, 0.1) is 32.8 Å². The molecule has 0 heterocycles. The Morgan fingerprint density at radius 1 is 1.15 bits per heavy atom. The summed E-state index contributed by atoms with van der Waals surface area (Å²) in [6.45, 7) is 7.23. The van der Waals surface area contributed by atoms with Crippen LogP contribution in [0.1, 0.15) is 22.8 Å². The summed E-state index contributed by atoms with van der Waals surface area (Å²) in [5.74, 6) is -0.0231. The standard InChI is InChI=1S/C22H24N2O2/c1-15(2)22(26)23-11-12-24(3,4)14-18-13-17-9-5-7-16-8-6-10-19(20(16)17)21(18)25/h5-10,13H,1,11-12,14H2,2-4H3/p+1. The monoisotopic (exact) mass is 349 g/mol. The summed E-state index contributed by atoms with van der Waals surface area (Å²) >= 11 is 0. The molecule has 4 heteroatoms. The zero-order valence-corrected chi connectivity index (χ0v) is 15.6. The van der Waals surface area contributed by atoms with Gasteiger partial charge in [-0.2, -0.15) is 0 Å². The summed E-state index contributed by atoms with van der Waals surface area (Å²) in [7, 11) is 4.14. The number of likely N-dealkylation sites (N-methyl/N-ethyl adjacent to an activating group) is 1. The molecule has 0 saturated heterocycles. The Balaban J connectivity index is 1.78. The van der Waals surface area contributed by atoms with Crippen LogP contribution in [-0.4, -0.2) is 49.9 Å². The van der Waals surface area contributed by atoms with Gasteiger partial charge >= 0.3 is 0 Å². The number of ketones is 1. The Bertz CT molecular complexity index is 933. The minimum absolute atomic E-state index is 0.103. The van der Waals surface area contributed by atoms with E-state index in [1.54, 1.807) is 6.92 Å². The molecule has 1 amide bonds. The second kappa shape index (κ2) is 6.89. The first-order valence-electron chi connectivity index (χ1n) is 8.81. The van der Waals surface area contributed by atoms with Gasteiger partial charge in [-0.05, 0) is 23.9 Å². The Hall–Kier alpha value is -2.72. The maximum absolute atomic E-state index is 13.0. The predicted octanol–water partition coefficient (Wildman–Crippen LogP) is 3.19. The molecular weight excluding hydrogens is 324 g/mol. The fourth-order valence-corrected chi connectivity index (χ4v) is 3.39. The van der Waals surface area contributed by atoms with Gasteiger partial charge in [0.1, 0.15) is 6.54 Å². The van der Waals surface area contributed by atoms with Gasteiger partial charge in [0.15, 0.2) is 5.78 Å². The average molecular weight is 349 g/mol.